The van der Waals surface area contributed by atoms with Crippen molar-refractivity contribution in [3.05, 3.63) is 45.9 Å². The normalized spacial score (nSPS) is 28.4. The molecule has 1 aromatic heterocycles. The smallest absolute Gasteiger partial charge is 0.132 e. The monoisotopic (exact) mass is 414 g/mol. The first kappa shape index (κ1) is 18.2. The van der Waals surface area contributed by atoms with E-state index >= 15 is 0 Å². The maximum Gasteiger partial charge on any atom is 0.132 e. The van der Waals surface area contributed by atoms with Gasteiger partial charge in [-0.2, -0.15) is 0 Å². The largest absolute Gasteiger partial charge is 0.379 e. The minimum absolute atomic E-state index is 0.148. The van der Waals surface area contributed by atoms with Gasteiger partial charge in [0.2, 0.25) is 0 Å². The summed E-state index contributed by atoms with van der Waals surface area (Å²) in [6.07, 6.45) is 4.52. The highest BCUT2D eigenvalue weighted by Gasteiger charge is 2.36. The number of nitrogens with one attached hydrogen (secondary N) is 2. The third-order valence-corrected chi connectivity index (χ3v) is 8.27. The van der Waals surface area contributed by atoms with E-state index in [1.807, 2.05) is 17.8 Å². The van der Waals surface area contributed by atoms with E-state index in [1.54, 1.807) is 17.0 Å². The molecule has 0 bridgehead atoms. The van der Waals surface area contributed by atoms with E-state index in [0.717, 1.165) is 63.1 Å². The number of morpholine rings is 1. The summed E-state index contributed by atoms with van der Waals surface area (Å²) in [5, 5.41) is 4.87. The van der Waals surface area contributed by atoms with Gasteiger partial charge in [-0.25, -0.2) is 4.39 Å². The van der Waals surface area contributed by atoms with Crippen molar-refractivity contribution in [2.75, 3.05) is 32.8 Å². The average molecular weight is 415 g/mol. The molecule has 1 fully saturated rings. The van der Waals surface area contributed by atoms with Gasteiger partial charge in [-0.15, -0.1) is 0 Å². The van der Waals surface area contributed by atoms with Crippen molar-refractivity contribution in [2.24, 2.45) is 0 Å². The van der Waals surface area contributed by atoms with Gasteiger partial charge in [0.25, 0.3) is 0 Å². The lowest BCUT2D eigenvalue weighted by Gasteiger charge is -2.37. The second-order valence-electron chi connectivity index (χ2n) is 8.55. The van der Waals surface area contributed by atoms with E-state index in [-0.39, 0.29) is 5.82 Å². The standard InChI is InChI=1S/C22H27FN4OS/c23-14-1-3-18-16(11-14)17-13-27(6-5-19(17)24-18)15-2-4-21-20(12-15)25-22(29-21)26-7-9-28-10-8-26/h1,3,11,15,22,24-25H,2,4-10,12-13H2. The molecule has 6 rings (SSSR count). The highest BCUT2D eigenvalue weighted by atomic mass is 32.2. The van der Waals surface area contributed by atoms with Gasteiger partial charge in [0.15, 0.2) is 0 Å². The van der Waals surface area contributed by atoms with E-state index < -0.39 is 0 Å². The molecule has 7 heteroatoms. The highest BCUT2D eigenvalue weighted by molar-refractivity contribution is 8.03. The Balaban J connectivity index is 1.16. The number of allylic oxidation sites excluding steroid dienone is 1. The minimum atomic E-state index is -0.148. The maximum atomic E-state index is 13.8. The quantitative estimate of drug-likeness (QED) is 0.789. The van der Waals surface area contributed by atoms with Crippen molar-refractivity contribution in [3.8, 4) is 0 Å². The molecule has 1 aromatic carbocycles. The number of H-pyrrole nitrogens is 1. The molecule has 4 aliphatic rings. The van der Waals surface area contributed by atoms with Crippen molar-refractivity contribution in [3.63, 3.8) is 0 Å². The summed E-state index contributed by atoms with van der Waals surface area (Å²) in [4.78, 5) is 10.2. The summed E-state index contributed by atoms with van der Waals surface area (Å²) in [5.41, 5.74) is 5.49. The molecule has 0 radical (unpaired) electrons. The Hall–Kier alpha value is -1.54. The Bertz CT molecular complexity index is 967. The van der Waals surface area contributed by atoms with Crippen LogP contribution in [0.15, 0.2) is 28.8 Å². The van der Waals surface area contributed by atoms with Gasteiger partial charge in [-0.1, -0.05) is 11.8 Å². The molecule has 1 saturated heterocycles. The number of benzene rings is 1. The fourth-order valence-electron chi connectivity index (χ4n) is 5.29. The number of rotatable bonds is 2. The van der Waals surface area contributed by atoms with E-state index in [1.165, 1.54) is 29.8 Å². The van der Waals surface area contributed by atoms with Crippen molar-refractivity contribution in [1.82, 2.24) is 20.1 Å². The number of fused-ring (bicyclic) bond motifs is 3. The molecule has 0 amide bonds. The van der Waals surface area contributed by atoms with Crippen LogP contribution in [0, 0.1) is 5.82 Å². The highest BCUT2D eigenvalue weighted by Crippen LogP contribution is 2.42. The first-order chi connectivity index (χ1) is 14.2. The number of aromatic amines is 1. The summed E-state index contributed by atoms with van der Waals surface area (Å²) in [7, 11) is 0. The van der Waals surface area contributed by atoms with Gasteiger partial charge >= 0.3 is 0 Å². The van der Waals surface area contributed by atoms with Crippen LogP contribution in [0.1, 0.15) is 30.5 Å². The summed E-state index contributed by atoms with van der Waals surface area (Å²) < 4.78 is 19.3. The molecule has 2 N–H and O–H groups in total. The first-order valence-electron chi connectivity index (χ1n) is 10.7. The predicted molar refractivity (Wildman–Crippen MR) is 114 cm³/mol. The van der Waals surface area contributed by atoms with E-state index in [2.05, 4.69) is 20.1 Å². The Kier molecular flexibility index (Phi) is 4.60. The molecule has 29 heavy (non-hydrogen) atoms. The fraction of sp³-hybridized carbons (Fsp3) is 0.545. The maximum absolute atomic E-state index is 13.8. The van der Waals surface area contributed by atoms with Gasteiger partial charge in [-0.3, -0.25) is 9.80 Å². The molecular formula is C22H27FN4OS. The van der Waals surface area contributed by atoms with E-state index in [4.69, 9.17) is 4.74 Å². The lowest BCUT2D eigenvalue weighted by atomic mass is 9.94. The lowest BCUT2D eigenvalue weighted by molar-refractivity contribution is 0.0293. The molecule has 1 aliphatic carbocycles. The Labute approximate surface area is 174 Å². The summed E-state index contributed by atoms with van der Waals surface area (Å²) >= 11 is 2.02. The molecular weight excluding hydrogens is 387 g/mol. The fourth-order valence-corrected chi connectivity index (χ4v) is 6.64. The van der Waals surface area contributed by atoms with E-state index in [9.17, 15) is 4.39 Å². The number of hydrogen-bond acceptors (Lipinski definition) is 5. The zero-order chi connectivity index (χ0) is 19.4. The number of thioether (sulfide) groups is 1. The number of ether oxygens (including phenoxy) is 1. The van der Waals surface area contributed by atoms with Gasteiger partial charge in [0.1, 0.15) is 11.3 Å². The summed E-state index contributed by atoms with van der Waals surface area (Å²) in [6.45, 7) is 5.71. The molecule has 2 atom stereocenters. The van der Waals surface area contributed by atoms with Gasteiger partial charge in [0, 0.05) is 72.3 Å². The van der Waals surface area contributed by atoms with Gasteiger partial charge in [-0.05, 0) is 36.6 Å². The van der Waals surface area contributed by atoms with Gasteiger partial charge < -0.3 is 15.0 Å². The topological polar surface area (TPSA) is 43.5 Å². The third kappa shape index (κ3) is 3.28. The second-order valence-corrected chi connectivity index (χ2v) is 9.73. The number of aromatic nitrogens is 1. The predicted octanol–water partition coefficient (Wildman–Crippen LogP) is 3.38. The van der Waals surface area contributed by atoms with Crippen LogP contribution in [0.25, 0.3) is 10.9 Å². The Morgan fingerprint density at radius 2 is 2.00 bits per heavy atom. The van der Waals surface area contributed by atoms with Crippen molar-refractivity contribution in [2.45, 2.75) is 43.8 Å². The van der Waals surface area contributed by atoms with Crippen molar-refractivity contribution >= 4 is 22.7 Å². The van der Waals surface area contributed by atoms with Crippen LogP contribution < -0.4 is 5.32 Å². The second kappa shape index (κ2) is 7.30. The molecule has 3 aliphatic heterocycles. The van der Waals surface area contributed by atoms with Crippen LogP contribution in [-0.2, 0) is 17.7 Å². The molecule has 0 spiro atoms. The van der Waals surface area contributed by atoms with Crippen LogP contribution in [0.2, 0.25) is 0 Å². The third-order valence-electron chi connectivity index (χ3n) is 6.89. The molecule has 5 nitrogen and oxygen atoms in total. The molecule has 2 aromatic rings. The zero-order valence-electron chi connectivity index (χ0n) is 16.5. The van der Waals surface area contributed by atoms with Crippen LogP contribution in [-0.4, -0.2) is 59.2 Å². The van der Waals surface area contributed by atoms with Crippen LogP contribution in [0.3, 0.4) is 0 Å². The molecule has 0 saturated carbocycles. The van der Waals surface area contributed by atoms with Crippen LogP contribution >= 0.6 is 11.8 Å². The van der Waals surface area contributed by atoms with Gasteiger partial charge in [0.05, 0.1) is 13.2 Å². The minimum Gasteiger partial charge on any atom is -0.379 e. The van der Waals surface area contributed by atoms with E-state index in [0.29, 0.717) is 11.5 Å². The average Bonchev–Trinajstić information content (AvgIpc) is 3.34. The summed E-state index contributed by atoms with van der Waals surface area (Å²) in [5.74, 6) is -0.148. The Morgan fingerprint density at radius 3 is 2.90 bits per heavy atom. The lowest BCUT2D eigenvalue weighted by Crippen LogP contribution is -2.47. The van der Waals surface area contributed by atoms with Crippen LogP contribution in [0.5, 0.6) is 0 Å². The molecule has 4 heterocycles. The zero-order valence-corrected chi connectivity index (χ0v) is 17.4. The molecule has 2 unspecified atom stereocenters. The van der Waals surface area contributed by atoms with Crippen molar-refractivity contribution < 1.29 is 9.13 Å². The molecule has 154 valence electrons. The number of nitrogens with zero attached hydrogens (tertiary/aromatic N) is 2. The van der Waals surface area contributed by atoms with Crippen molar-refractivity contribution in [1.29, 1.82) is 0 Å². The SMILES string of the molecule is Fc1ccc2[nH]c3c(c2c1)CN(C1CCC2=C(C1)NC(N1CCOCC1)S2)CC3. The van der Waals surface area contributed by atoms with Crippen LogP contribution in [0.4, 0.5) is 4.39 Å². The number of halogens is 1. The number of hydrogen-bond donors (Lipinski definition) is 2. The summed E-state index contributed by atoms with van der Waals surface area (Å²) in [6, 6.07) is 5.68. The first-order valence-corrected chi connectivity index (χ1v) is 11.6. The Morgan fingerprint density at radius 1 is 1.10 bits per heavy atom.